The molecule has 0 saturated heterocycles. The van der Waals surface area contributed by atoms with Gasteiger partial charge in [0.15, 0.2) is 0 Å². The molecule has 11 aromatic rings. The van der Waals surface area contributed by atoms with Gasteiger partial charge in [-0.05, 0) is 105 Å². The Morgan fingerprint density at radius 3 is 1.89 bits per heavy atom. The van der Waals surface area contributed by atoms with Crippen LogP contribution in [0.15, 0.2) is 199 Å². The van der Waals surface area contributed by atoms with Crippen LogP contribution in [0.4, 0.5) is 17.1 Å². The molecule has 0 amide bonds. The van der Waals surface area contributed by atoms with Crippen molar-refractivity contribution in [1.29, 1.82) is 0 Å². The molecular weight excluding hydrogens is 645 g/mol. The van der Waals surface area contributed by atoms with Gasteiger partial charge in [-0.3, -0.25) is 0 Å². The van der Waals surface area contributed by atoms with E-state index in [0.29, 0.717) is 0 Å². The second-order valence-corrected chi connectivity index (χ2v) is 13.8. The highest BCUT2D eigenvalue weighted by atomic mass is 16.3. The molecule has 3 nitrogen and oxygen atoms in total. The van der Waals surface area contributed by atoms with E-state index in [1.807, 2.05) is 12.1 Å². The number of rotatable bonds is 5. The maximum absolute atomic E-state index is 6.27. The fourth-order valence-corrected chi connectivity index (χ4v) is 8.26. The average molecular weight is 677 g/mol. The van der Waals surface area contributed by atoms with Gasteiger partial charge in [0.1, 0.15) is 11.2 Å². The van der Waals surface area contributed by atoms with Crippen LogP contribution in [0.3, 0.4) is 0 Å². The minimum Gasteiger partial charge on any atom is -0.456 e. The zero-order valence-corrected chi connectivity index (χ0v) is 28.8. The Morgan fingerprint density at radius 2 is 1.00 bits per heavy atom. The summed E-state index contributed by atoms with van der Waals surface area (Å²) >= 11 is 0. The minimum absolute atomic E-state index is 0.914. The number of fused-ring (bicyclic) bond motifs is 9. The first-order valence-electron chi connectivity index (χ1n) is 18.1. The molecule has 0 fully saturated rings. The van der Waals surface area contributed by atoms with E-state index < -0.39 is 0 Å². The number of hydrogen-bond acceptors (Lipinski definition) is 2. The maximum atomic E-state index is 6.27. The molecule has 248 valence electrons. The number of para-hydroxylation sites is 3. The van der Waals surface area contributed by atoms with Crippen LogP contribution in [0.2, 0.25) is 0 Å². The first kappa shape index (κ1) is 29.6. The van der Waals surface area contributed by atoms with Crippen molar-refractivity contribution in [3.63, 3.8) is 0 Å². The molecule has 0 bridgehead atoms. The largest absolute Gasteiger partial charge is 0.456 e. The predicted molar refractivity (Wildman–Crippen MR) is 223 cm³/mol. The first-order chi connectivity index (χ1) is 26.3. The van der Waals surface area contributed by atoms with E-state index in [-0.39, 0.29) is 0 Å². The zero-order chi connectivity index (χ0) is 34.9. The van der Waals surface area contributed by atoms with Crippen LogP contribution in [0, 0.1) is 0 Å². The summed E-state index contributed by atoms with van der Waals surface area (Å²) in [6.45, 7) is 0. The Bertz CT molecular complexity index is 3170. The van der Waals surface area contributed by atoms with Crippen molar-refractivity contribution in [2.75, 3.05) is 4.90 Å². The zero-order valence-electron chi connectivity index (χ0n) is 28.8. The van der Waals surface area contributed by atoms with E-state index in [1.54, 1.807) is 0 Å². The van der Waals surface area contributed by atoms with Crippen LogP contribution in [0.1, 0.15) is 0 Å². The lowest BCUT2D eigenvalue weighted by molar-refractivity contribution is 0.669. The molecule has 11 rings (SSSR count). The van der Waals surface area contributed by atoms with E-state index in [1.165, 1.54) is 43.6 Å². The second kappa shape index (κ2) is 11.7. The van der Waals surface area contributed by atoms with Crippen LogP contribution < -0.4 is 4.90 Å². The monoisotopic (exact) mass is 676 g/mol. The summed E-state index contributed by atoms with van der Waals surface area (Å²) in [6, 6.07) is 69.9. The fourth-order valence-electron chi connectivity index (χ4n) is 8.26. The highest BCUT2D eigenvalue weighted by Gasteiger charge is 2.19. The fraction of sp³-hybridized carbons (Fsp3) is 0. The Morgan fingerprint density at radius 1 is 0.340 bits per heavy atom. The molecular formula is C50H32N2O. The number of aromatic nitrogens is 1. The van der Waals surface area contributed by atoms with Gasteiger partial charge in [-0.15, -0.1) is 0 Å². The van der Waals surface area contributed by atoms with Crippen molar-refractivity contribution < 1.29 is 4.42 Å². The molecule has 0 N–H and O–H groups in total. The third-order valence-corrected chi connectivity index (χ3v) is 10.7. The summed E-state index contributed by atoms with van der Waals surface area (Å²) < 4.78 is 8.68. The molecule has 0 spiro atoms. The predicted octanol–water partition coefficient (Wildman–Crippen LogP) is 14.1. The summed E-state index contributed by atoms with van der Waals surface area (Å²) in [5.41, 5.74) is 11.0. The van der Waals surface area contributed by atoms with Crippen molar-refractivity contribution in [2.45, 2.75) is 0 Å². The van der Waals surface area contributed by atoms with Gasteiger partial charge >= 0.3 is 0 Å². The molecule has 0 saturated carbocycles. The highest BCUT2D eigenvalue weighted by molar-refractivity contribution is 6.17. The molecule has 53 heavy (non-hydrogen) atoms. The smallest absolute Gasteiger partial charge is 0.136 e. The molecule has 0 aliphatic heterocycles. The molecule has 9 aromatic carbocycles. The van der Waals surface area contributed by atoms with Gasteiger partial charge in [0, 0.05) is 44.3 Å². The Kier molecular flexibility index (Phi) is 6.55. The molecule has 2 heterocycles. The Balaban J connectivity index is 1.13. The molecule has 0 aliphatic carbocycles. The van der Waals surface area contributed by atoms with E-state index in [9.17, 15) is 0 Å². The topological polar surface area (TPSA) is 21.3 Å². The molecule has 0 unspecified atom stereocenters. The van der Waals surface area contributed by atoms with Crippen LogP contribution in [0.25, 0.3) is 82.1 Å². The normalized spacial score (nSPS) is 11.8. The standard InChI is InChI=1S/C50H32N2O/c1-3-12-33(13-4-1)35-14-11-17-38(28-35)52-47-20-9-7-18-41(47)42-27-26-40(31-48(42)52)51(37-15-5-2-6-16-37)39-25-24-34-22-23-36-29-50-46(32-45(36)44(34)30-39)43-19-8-10-21-49(43)53-50/h1-32H. The van der Waals surface area contributed by atoms with Gasteiger partial charge in [-0.2, -0.15) is 0 Å². The highest BCUT2D eigenvalue weighted by Crippen LogP contribution is 2.42. The third-order valence-electron chi connectivity index (χ3n) is 10.7. The van der Waals surface area contributed by atoms with Crippen molar-refractivity contribution in [3.8, 4) is 16.8 Å². The summed E-state index contributed by atoms with van der Waals surface area (Å²) in [6.07, 6.45) is 0. The van der Waals surface area contributed by atoms with Gasteiger partial charge in [0.2, 0.25) is 0 Å². The number of anilines is 3. The SMILES string of the molecule is c1ccc(-c2cccc(-n3c4ccccc4c4ccc(N(c5ccccc5)c5ccc6ccc7cc8oc9ccccc9c8cc7c6c5)cc43)c2)cc1. The van der Waals surface area contributed by atoms with Crippen LogP contribution in [-0.2, 0) is 0 Å². The van der Waals surface area contributed by atoms with Crippen LogP contribution in [-0.4, -0.2) is 4.57 Å². The third kappa shape index (κ3) is 4.75. The Hall–Kier alpha value is -7.10. The van der Waals surface area contributed by atoms with Gasteiger partial charge in [0.25, 0.3) is 0 Å². The lowest BCUT2D eigenvalue weighted by Crippen LogP contribution is -2.10. The van der Waals surface area contributed by atoms with Gasteiger partial charge in [-0.25, -0.2) is 0 Å². The summed E-state index contributed by atoms with van der Waals surface area (Å²) in [5, 5.41) is 9.53. The minimum atomic E-state index is 0.914. The molecule has 0 atom stereocenters. The van der Waals surface area contributed by atoms with Crippen molar-refractivity contribution in [3.05, 3.63) is 194 Å². The maximum Gasteiger partial charge on any atom is 0.136 e. The number of hydrogen-bond donors (Lipinski definition) is 0. The van der Waals surface area contributed by atoms with Gasteiger partial charge in [0.05, 0.1) is 11.0 Å². The van der Waals surface area contributed by atoms with E-state index in [4.69, 9.17) is 4.42 Å². The van der Waals surface area contributed by atoms with Gasteiger partial charge < -0.3 is 13.9 Å². The average Bonchev–Trinajstić information content (AvgIpc) is 3.76. The quantitative estimate of drug-likeness (QED) is 0.169. The van der Waals surface area contributed by atoms with E-state index in [2.05, 4.69) is 191 Å². The molecule has 0 aliphatic rings. The second-order valence-electron chi connectivity index (χ2n) is 13.8. The number of furan rings is 1. The van der Waals surface area contributed by atoms with Crippen molar-refractivity contribution in [1.82, 2.24) is 4.57 Å². The number of benzene rings is 9. The van der Waals surface area contributed by atoms with E-state index in [0.717, 1.165) is 55.6 Å². The van der Waals surface area contributed by atoms with Crippen molar-refractivity contribution >= 4 is 82.4 Å². The van der Waals surface area contributed by atoms with E-state index >= 15 is 0 Å². The molecule has 2 aromatic heterocycles. The number of nitrogens with zero attached hydrogens (tertiary/aromatic N) is 2. The first-order valence-corrected chi connectivity index (χ1v) is 18.1. The lowest BCUT2D eigenvalue weighted by atomic mass is 9.99. The van der Waals surface area contributed by atoms with Gasteiger partial charge in [-0.1, -0.05) is 121 Å². The van der Waals surface area contributed by atoms with Crippen LogP contribution in [0.5, 0.6) is 0 Å². The lowest BCUT2D eigenvalue weighted by Gasteiger charge is -2.26. The van der Waals surface area contributed by atoms with Crippen molar-refractivity contribution in [2.24, 2.45) is 0 Å². The Labute approximate surface area is 306 Å². The summed E-state index contributed by atoms with van der Waals surface area (Å²) in [4.78, 5) is 2.38. The summed E-state index contributed by atoms with van der Waals surface area (Å²) in [5.74, 6) is 0. The van der Waals surface area contributed by atoms with Crippen LogP contribution >= 0.6 is 0 Å². The summed E-state index contributed by atoms with van der Waals surface area (Å²) in [7, 11) is 0. The molecule has 3 heteroatoms. The molecule has 0 radical (unpaired) electrons.